The largest absolute Gasteiger partial charge is 0.360 e. The second kappa shape index (κ2) is 7.65. The summed E-state index contributed by atoms with van der Waals surface area (Å²) < 4.78 is 0. The molecule has 1 fully saturated rings. The Kier molecular flexibility index (Phi) is 5.57. The maximum Gasteiger partial charge on any atom is 0.169 e. The minimum Gasteiger partial charge on any atom is -0.360 e. The van der Waals surface area contributed by atoms with Gasteiger partial charge in [0.15, 0.2) is 5.11 Å². The topological polar surface area (TPSA) is 15.3 Å². The summed E-state index contributed by atoms with van der Waals surface area (Å²) in [4.78, 5) is 3.70. The van der Waals surface area contributed by atoms with Crippen molar-refractivity contribution in [2.75, 3.05) is 0 Å². The number of thiocarbonyl (C=S) groups is 1. The van der Waals surface area contributed by atoms with Crippen molar-refractivity contribution in [1.29, 1.82) is 0 Å². The molecular formula is C18H21ClN2S2. The van der Waals surface area contributed by atoms with Crippen molar-refractivity contribution in [3.63, 3.8) is 0 Å². The van der Waals surface area contributed by atoms with Crippen LogP contribution in [0.2, 0.25) is 5.02 Å². The molecule has 1 aromatic heterocycles. The Labute approximate surface area is 152 Å². The van der Waals surface area contributed by atoms with Crippen LogP contribution in [0.4, 0.5) is 0 Å². The van der Waals surface area contributed by atoms with Crippen LogP contribution in [0.15, 0.2) is 41.8 Å². The number of thiophene rings is 1. The van der Waals surface area contributed by atoms with Crippen molar-refractivity contribution in [1.82, 2.24) is 10.2 Å². The molecule has 0 aliphatic heterocycles. The van der Waals surface area contributed by atoms with E-state index in [4.69, 9.17) is 23.8 Å². The SMILES string of the molecule is C[C@@H](Cc1cccs1)N(Cc1ccc(Cl)cc1)C(=S)NC1CC1. The fourth-order valence-electron chi connectivity index (χ4n) is 2.53. The molecule has 1 aliphatic carbocycles. The smallest absolute Gasteiger partial charge is 0.169 e. The molecule has 1 aliphatic rings. The number of halogens is 1. The zero-order valence-corrected chi connectivity index (χ0v) is 15.6. The van der Waals surface area contributed by atoms with Gasteiger partial charge in [-0.15, -0.1) is 11.3 Å². The van der Waals surface area contributed by atoms with Crippen molar-refractivity contribution in [2.45, 2.75) is 44.8 Å². The van der Waals surface area contributed by atoms with Gasteiger partial charge in [0.05, 0.1) is 0 Å². The molecule has 1 aromatic carbocycles. The first kappa shape index (κ1) is 16.7. The van der Waals surface area contributed by atoms with Crippen LogP contribution in [0.25, 0.3) is 0 Å². The summed E-state index contributed by atoms with van der Waals surface area (Å²) in [5.74, 6) is 0. The molecule has 1 N–H and O–H groups in total. The lowest BCUT2D eigenvalue weighted by Crippen LogP contribution is -2.45. The predicted octanol–water partition coefficient (Wildman–Crippen LogP) is 4.87. The molecule has 0 unspecified atom stereocenters. The monoisotopic (exact) mass is 364 g/mol. The number of hydrogen-bond donors (Lipinski definition) is 1. The molecule has 23 heavy (non-hydrogen) atoms. The average Bonchev–Trinajstić information content (AvgIpc) is 3.19. The number of benzene rings is 1. The van der Waals surface area contributed by atoms with E-state index >= 15 is 0 Å². The number of rotatable bonds is 6. The van der Waals surface area contributed by atoms with E-state index in [0.717, 1.165) is 23.1 Å². The first-order valence-electron chi connectivity index (χ1n) is 7.96. The first-order chi connectivity index (χ1) is 11.1. The Morgan fingerprint density at radius 1 is 1.35 bits per heavy atom. The van der Waals surface area contributed by atoms with Gasteiger partial charge in [0.25, 0.3) is 0 Å². The Balaban J connectivity index is 1.71. The van der Waals surface area contributed by atoms with E-state index in [-0.39, 0.29) is 0 Å². The molecule has 2 nitrogen and oxygen atoms in total. The summed E-state index contributed by atoms with van der Waals surface area (Å²) in [6, 6.07) is 13.3. The molecule has 5 heteroatoms. The molecule has 0 bridgehead atoms. The van der Waals surface area contributed by atoms with Gasteiger partial charge in [0.2, 0.25) is 0 Å². The molecule has 1 saturated carbocycles. The van der Waals surface area contributed by atoms with Gasteiger partial charge in [-0.25, -0.2) is 0 Å². The third kappa shape index (κ3) is 4.93. The van der Waals surface area contributed by atoms with Crippen molar-refractivity contribution in [3.05, 3.63) is 57.2 Å². The molecule has 1 atom stereocenters. The van der Waals surface area contributed by atoms with Gasteiger partial charge < -0.3 is 10.2 Å². The lowest BCUT2D eigenvalue weighted by Gasteiger charge is -2.32. The van der Waals surface area contributed by atoms with Gasteiger partial charge in [0.1, 0.15) is 0 Å². The molecule has 0 spiro atoms. The molecule has 0 saturated heterocycles. The fraction of sp³-hybridized carbons (Fsp3) is 0.389. The molecule has 0 amide bonds. The Hall–Kier alpha value is -1.10. The van der Waals surface area contributed by atoms with E-state index in [2.05, 4.69) is 46.8 Å². The third-order valence-corrected chi connectivity index (χ3v) is 5.54. The van der Waals surface area contributed by atoms with E-state index in [1.807, 2.05) is 23.5 Å². The quantitative estimate of drug-likeness (QED) is 0.736. The highest BCUT2D eigenvalue weighted by atomic mass is 35.5. The Morgan fingerprint density at radius 2 is 2.09 bits per heavy atom. The van der Waals surface area contributed by atoms with Crippen LogP contribution in [0.5, 0.6) is 0 Å². The summed E-state index contributed by atoms with van der Waals surface area (Å²) in [7, 11) is 0. The van der Waals surface area contributed by atoms with E-state index < -0.39 is 0 Å². The van der Waals surface area contributed by atoms with Crippen LogP contribution < -0.4 is 5.32 Å². The lowest BCUT2D eigenvalue weighted by atomic mass is 10.1. The van der Waals surface area contributed by atoms with Gasteiger partial charge in [0, 0.05) is 34.9 Å². The number of nitrogens with zero attached hydrogens (tertiary/aromatic N) is 1. The van der Waals surface area contributed by atoms with Crippen molar-refractivity contribution in [2.24, 2.45) is 0 Å². The highest BCUT2D eigenvalue weighted by molar-refractivity contribution is 7.80. The van der Waals surface area contributed by atoms with Crippen molar-refractivity contribution >= 4 is 40.3 Å². The normalized spacial score (nSPS) is 15.2. The zero-order valence-electron chi connectivity index (χ0n) is 13.2. The Bertz CT molecular complexity index is 636. The molecular weight excluding hydrogens is 344 g/mol. The van der Waals surface area contributed by atoms with E-state index in [9.17, 15) is 0 Å². The lowest BCUT2D eigenvalue weighted by molar-refractivity contribution is 0.317. The minimum absolute atomic E-state index is 0.350. The number of hydrogen-bond acceptors (Lipinski definition) is 2. The first-order valence-corrected chi connectivity index (χ1v) is 9.62. The van der Waals surface area contributed by atoms with Crippen LogP contribution in [-0.4, -0.2) is 22.1 Å². The van der Waals surface area contributed by atoms with E-state index in [0.29, 0.717) is 12.1 Å². The van der Waals surface area contributed by atoms with Crippen LogP contribution in [0.3, 0.4) is 0 Å². The van der Waals surface area contributed by atoms with Gasteiger partial charge in [-0.3, -0.25) is 0 Å². The molecule has 122 valence electrons. The standard InChI is InChI=1S/C18H21ClN2S2/c1-13(11-17-3-2-10-23-17)21(18(22)20-16-8-9-16)12-14-4-6-15(19)7-5-14/h2-7,10,13,16H,8-9,11-12H2,1H3,(H,20,22)/t13-/m0/s1. The van der Waals surface area contributed by atoms with E-state index in [1.54, 1.807) is 0 Å². The van der Waals surface area contributed by atoms with Gasteiger partial charge in [-0.2, -0.15) is 0 Å². The summed E-state index contributed by atoms with van der Waals surface area (Å²) >= 11 is 13.5. The second-order valence-electron chi connectivity index (χ2n) is 6.11. The molecule has 2 aromatic rings. The van der Waals surface area contributed by atoms with Gasteiger partial charge >= 0.3 is 0 Å². The molecule has 1 heterocycles. The maximum atomic E-state index is 5.99. The van der Waals surface area contributed by atoms with Crippen molar-refractivity contribution in [3.8, 4) is 0 Å². The summed E-state index contributed by atoms with van der Waals surface area (Å²) in [6.45, 7) is 3.05. The fourth-order valence-corrected chi connectivity index (χ4v) is 3.89. The van der Waals surface area contributed by atoms with E-state index in [1.165, 1.54) is 23.3 Å². The highest BCUT2D eigenvalue weighted by Gasteiger charge is 2.26. The maximum absolute atomic E-state index is 5.99. The van der Waals surface area contributed by atoms with Crippen LogP contribution >= 0.6 is 35.2 Å². The van der Waals surface area contributed by atoms with Gasteiger partial charge in [-0.05, 0) is 61.1 Å². The second-order valence-corrected chi connectivity index (χ2v) is 7.97. The Morgan fingerprint density at radius 3 is 2.70 bits per heavy atom. The summed E-state index contributed by atoms with van der Waals surface area (Å²) in [6.07, 6.45) is 3.47. The summed E-state index contributed by atoms with van der Waals surface area (Å²) in [5, 5.41) is 7.25. The molecule has 3 rings (SSSR count). The highest BCUT2D eigenvalue weighted by Crippen LogP contribution is 2.22. The average molecular weight is 365 g/mol. The zero-order chi connectivity index (χ0) is 16.2. The molecule has 0 radical (unpaired) electrons. The predicted molar refractivity (Wildman–Crippen MR) is 103 cm³/mol. The summed E-state index contributed by atoms with van der Waals surface area (Å²) in [5.41, 5.74) is 1.23. The third-order valence-electron chi connectivity index (χ3n) is 4.04. The number of nitrogens with one attached hydrogen (secondary N) is 1. The minimum atomic E-state index is 0.350. The van der Waals surface area contributed by atoms with Gasteiger partial charge in [-0.1, -0.05) is 29.8 Å². The van der Waals surface area contributed by atoms with Crippen molar-refractivity contribution < 1.29 is 0 Å². The van der Waals surface area contributed by atoms with Crippen LogP contribution in [0.1, 0.15) is 30.2 Å². The van der Waals surface area contributed by atoms with Crippen LogP contribution in [-0.2, 0) is 13.0 Å². The van der Waals surface area contributed by atoms with Crippen LogP contribution in [0, 0.1) is 0 Å².